The molecular weight excluding hydrogens is 976 g/mol. The highest BCUT2D eigenvalue weighted by Crippen LogP contribution is 2.43. The first-order valence-corrected chi connectivity index (χ1v) is 33.4. The summed E-state index contributed by atoms with van der Waals surface area (Å²) in [6, 6.07) is -0.860. The van der Waals surface area contributed by atoms with Crippen LogP contribution in [0.5, 0.6) is 0 Å². The fourth-order valence-electron chi connectivity index (χ4n) is 8.90. The zero-order valence-electron chi connectivity index (χ0n) is 50.9. The number of allylic oxidation sites excluding steroid dienone is 13. The highest BCUT2D eigenvalue weighted by molar-refractivity contribution is 7.47. The lowest BCUT2D eigenvalue weighted by Gasteiger charge is -2.27. The Morgan fingerprint density at radius 2 is 0.831 bits per heavy atom. The predicted molar refractivity (Wildman–Crippen MR) is 332 cm³/mol. The second-order valence-corrected chi connectivity index (χ2v) is 24.0. The van der Waals surface area contributed by atoms with Crippen molar-refractivity contribution >= 4 is 19.7 Å². The van der Waals surface area contributed by atoms with Gasteiger partial charge in [-0.3, -0.25) is 18.6 Å². The Bertz CT molecular complexity index is 1590. The lowest BCUT2D eigenvalue weighted by Crippen LogP contribution is -2.47. The van der Waals surface area contributed by atoms with Crippen LogP contribution in [0.1, 0.15) is 278 Å². The topological polar surface area (TPSA) is 111 Å². The number of nitrogens with one attached hydrogen (secondary N) is 1. The van der Waals surface area contributed by atoms with Crippen LogP contribution < -0.4 is 5.32 Å². The van der Waals surface area contributed by atoms with Gasteiger partial charge in [-0.25, -0.2) is 4.57 Å². The van der Waals surface area contributed by atoms with E-state index in [1.54, 1.807) is 0 Å². The van der Waals surface area contributed by atoms with Crippen molar-refractivity contribution in [1.82, 2.24) is 5.32 Å². The van der Waals surface area contributed by atoms with Crippen LogP contribution in [0, 0.1) is 0 Å². The van der Waals surface area contributed by atoms with E-state index in [-0.39, 0.29) is 31.5 Å². The molecule has 3 atom stereocenters. The smallest absolute Gasteiger partial charge is 0.456 e. The van der Waals surface area contributed by atoms with Gasteiger partial charge in [0.1, 0.15) is 19.3 Å². The minimum absolute atomic E-state index is 0.0341. The van der Waals surface area contributed by atoms with Crippen molar-refractivity contribution in [1.29, 1.82) is 0 Å². The van der Waals surface area contributed by atoms with E-state index in [9.17, 15) is 19.0 Å². The van der Waals surface area contributed by atoms with Gasteiger partial charge in [0.25, 0.3) is 0 Å². The number of rotatable bonds is 57. The predicted octanol–water partition coefficient (Wildman–Crippen LogP) is 19.8. The molecule has 446 valence electrons. The Labute approximate surface area is 476 Å². The van der Waals surface area contributed by atoms with Gasteiger partial charge in [0.2, 0.25) is 5.91 Å². The molecular formula is C67H122N2O7P+. The van der Waals surface area contributed by atoms with Crippen LogP contribution in [0.4, 0.5) is 0 Å². The summed E-state index contributed by atoms with van der Waals surface area (Å²) >= 11 is 0. The quantitative estimate of drug-likeness (QED) is 0.0205. The minimum Gasteiger partial charge on any atom is -0.456 e. The minimum atomic E-state index is -4.46. The molecule has 0 saturated carbocycles. The zero-order chi connectivity index (χ0) is 56.4. The van der Waals surface area contributed by atoms with E-state index in [0.29, 0.717) is 17.4 Å². The number of hydrogen-bond acceptors (Lipinski definition) is 6. The van der Waals surface area contributed by atoms with Crippen LogP contribution in [-0.2, 0) is 27.9 Å². The third kappa shape index (κ3) is 57.7. The zero-order valence-corrected chi connectivity index (χ0v) is 51.8. The number of nitrogens with zero attached hydrogens (tertiary/aromatic N) is 1. The van der Waals surface area contributed by atoms with Gasteiger partial charge in [0, 0.05) is 12.8 Å². The molecule has 1 amide bonds. The van der Waals surface area contributed by atoms with Crippen molar-refractivity contribution in [2.24, 2.45) is 0 Å². The molecule has 0 aliphatic heterocycles. The fraction of sp³-hybridized carbons (Fsp3) is 0.761. The van der Waals surface area contributed by atoms with E-state index in [2.05, 4.69) is 99.0 Å². The number of amides is 1. The maximum Gasteiger partial charge on any atom is 0.472 e. The molecule has 0 aromatic carbocycles. The summed E-state index contributed by atoms with van der Waals surface area (Å²) in [5.74, 6) is -0.522. The average Bonchev–Trinajstić information content (AvgIpc) is 3.39. The number of likely N-dealkylation sites (N-methyl/N-ethyl adjacent to an activating group) is 1. The van der Waals surface area contributed by atoms with Gasteiger partial charge >= 0.3 is 13.8 Å². The molecule has 0 fully saturated rings. The lowest BCUT2D eigenvalue weighted by atomic mass is 10.1. The first-order chi connectivity index (χ1) is 37.4. The van der Waals surface area contributed by atoms with Gasteiger partial charge < -0.3 is 19.4 Å². The number of phosphoric acid groups is 1. The second kappa shape index (κ2) is 56.5. The highest BCUT2D eigenvalue weighted by Gasteiger charge is 2.30. The Morgan fingerprint density at radius 3 is 1.26 bits per heavy atom. The monoisotopic (exact) mass is 1100 g/mol. The van der Waals surface area contributed by atoms with Gasteiger partial charge in [-0.15, -0.1) is 0 Å². The molecule has 0 rings (SSSR count). The number of carbonyl (C=O) groups is 2. The molecule has 9 nitrogen and oxygen atoms in total. The molecule has 2 N–H and O–H groups in total. The summed E-state index contributed by atoms with van der Waals surface area (Å²) in [6.07, 6.45) is 74.4. The molecule has 10 heteroatoms. The summed E-state index contributed by atoms with van der Waals surface area (Å²) in [5, 5.41) is 3.05. The molecule has 0 bridgehead atoms. The van der Waals surface area contributed by atoms with Gasteiger partial charge in [0.15, 0.2) is 0 Å². The van der Waals surface area contributed by atoms with Crippen LogP contribution >= 0.6 is 7.82 Å². The highest BCUT2D eigenvalue weighted by atomic mass is 31.2. The van der Waals surface area contributed by atoms with Crippen molar-refractivity contribution < 1.29 is 37.3 Å². The molecule has 0 aliphatic rings. The van der Waals surface area contributed by atoms with Crippen LogP contribution in [0.3, 0.4) is 0 Å². The van der Waals surface area contributed by atoms with Crippen molar-refractivity contribution in [3.05, 3.63) is 85.1 Å². The number of unbranched alkanes of at least 4 members (excludes halogenated alkanes) is 29. The molecule has 0 saturated heterocycles. The molecule has 0 radical (unpaired) electrons. The summed E-state index contributed by atoms with van der Waals surface area (Å²) < 4.78 is 30.7. The normalized spacial score (nSPS) is 14.2. The fourth-order valence-corrected chi connectivity index (χ4v) is 9.64. The van der Waals surface area contributed by atoms with Crippen molar-refractivity contribution in [2.75, 3.05) is 40.9 Å². The largest absolute Gasteiger partial charge is 0.472 e. The summed E-state index contributed by atoms with van der Waals surface area (Å²) in [4.78, 5) is 37.7. The summed E-state index contributed by atoms with van der Waals surface area (Å²) in [7, 11) is 1.48. The molecule has 0 heterocycles. The Kier molecular flexibility index (Phi) is 54.4. The maximum absolute atomic E-state index is 13.6. The molecule has 0 aromatic rings. The number of phosphoric ester groups is 1. The lowest BCUT2D eigenvalue weighted by molar-refractivity contribution is -0.870. The van der Waals surface area contributed by atoms with Gasteiger partial charge in [-0.1, -0.05) is 247 Å². The number of esters is 1. The van der Waals surface area contributed by atoms with Crippen LogP contribution in [0.15, 0.2) is 85.1 Å². The van der Waals surface area contributed by atoms with Gasteiger partial charge in [-0.2, -0.15) is 0 Å². The molecule has 0 spiro atoms. The maximum atomic E-state index is 13.6. The number of ether oxygens (including phenoxy) is 1. The van der Waals surface area contributed by atoms with E-state index in [1.165, 1.54) is 128 Å². The molecule has 0 aromatic heterocycles. The summed E-state index contributed by atoms with van der Waals surface area (Å²) in [5.41, 5.74) is 0. The van der Waals surface area contributed by atoms with Gasteiger partial charge in [-0.05, 0) is 102 Å². The van der Waals surface area contributed by atoms with E-state index >= 15 is 0 Å². The standard InChI is InChI=1S/C67H121N2O7P/c1-7-10-13-16-19-22-25-27-29-31-32-33-34-35-36-38-39-41-44-47-50-53-56-59-66(70)68-64(63-75-77(72,73)74-62-61-69(4,5)6)65(58-55-52-49-46-43-24-21-18-15-12-9-3)76-67(71)60-57-54-51-48-45-42-40-37-30-28-26-23-20-17-14-11-8-2/h10,13,19,22,27-30,32-33,35-36,55,58,64-65H,7-9,11-12,14-18,20-21,23-26,31,34,37-54,56-57,59-63H2,1-6H3,(H-,68,70,72,73)/p+1/b13-10-,22-19-,29-27-,30-28+,33-32-,36-35-,58-55-. The number of hydrogen-bond donors (Lipinski definition) is 2. The Morgan fingerprint density at radius 1 is 0.468 bits per heavy atom. The molecule has 3 unspecified atom stereocenters. The third-order valence-corrected chi connectivity index (χ3v) is 14.8. The molecule has 77 heavy (non-hydrogen) atoms. The average molecular weight is 1100 g/mol. The van der Waals surface area contributed by atoms with E-state index in [0.717, 1.165) is 116 Å². The van der Waals surface area contributed by atoms with E-state index < -0.39 is 20.0 Å². The number of carbonyl (C=O) groups excluding carboxylic acids is 2. The van der Waals surface area contributed by atoms with E-state index in [1.807, 2.05) is 33.3 Å². The van der Waals surface area contributed by atoms with E-state index in [4.69, 9.17) is 13.8 Å². The third-order valence-electron chi connectivity index (χ3n) is 13.8. The Hall–Kier alpha value is -2.81. The first-order valence-electron chi connectivity index (χ1n) is 31.9. The van der Waals surface area contributed by atoms with Crippen LogP contribution in [-0.4, -0.2) is 74.3 Å². The SMILES string of the molecule is CC/C=C\C/C=C\C/C=C\C/C=C\C/C=C\CCCCCCCCCC(=O)NC(COP(=O)(O)OCC[N+](C)(C)C)C(/C=C\CCCCCCCCCCC)OC(=O)CCCCCCCCC/C=C/CCCCCCCC. The molecule has 0 aliphatic carbocycles. The number of quaternary nitrogens is 1. The summed E-state index contributed by atoms with van der Waals surface area (Å²) in [6.45, 7) is 6.88. The first kappa shape index (κ1) is 74.2. The van der Waals surface area contributed by atoms with Crippen molar-refractivity contribution in [2.45, 2.75) is 290 Å². The second-order valence-electron chi connectivity index (χ2n) is 22.5. The van der Waals surface area contributed by atoms with Crippen molar-refractivity contribution in [3.63, 3.8) is 0 Å². The van der Waals surface area contributed by atoms with Crippen LogP contribution in [0.25, 0.3) is 0 Å². The van der Waals surface area contributed by atoms with Crippen molar-refractivity contribution in [3.8, 4) is 0 Å². The Balaban J connectivity index is 5.20. The van der Waals surface area contributed by atoms with Gasteiger partial charge in [0.05, 0.1) is 33.8 Å². The van der Waals surface area contributed by atoms with Crippen LogP contribution in [0.2, 0.25) is 0 Å².